The second-order valence-corrected chi connectivity index (χ2v) is 4.79. The fourth-order valence-corrected chi connectivity index (χ4v) is 2.46. The van der Waals surface area contributed by atoms with Crippen LogP contribution in [0, 0.1) is 5.82 Å². The summed E-state index contributed by atoms with van der Waals surface area (Å²) < 4.78 is 13.6. The maximum atomic E-state index is 13.6. The highest BCUT2D eigenvalue weighted by atomic mass is 19.1. The number of rotatable bonds is 5. The van der Waals surface area contributed by atoms with E-state index in [1.807, 2.05) is 37.3 Å². The molecule has 2 atom stereocenters. The van der Waals surface area contributed by atoms with Gasteiger partial charge in [0, 0.05) is 12.3 Å². The second-order valence-electron chi connectivity index (χ2n) is 4.79. The van der Waals surface area contributed by atoms with Crippen molar-refractivity contribution in [2.45, 2.75) is 31.8 Å². The Balaban J connectivity index is 2.14. The topological polar surface area (TPSA) is 20.2 Å². The summed E-state index contributed by atoms with van der Waals surface area (Å²) >= 11 is 0. The van der Waals surface area contributed by atoms with Gasteiger partial charge in [0.15, 0.2) is 0 Å². The molecular formula is C17H19FO. The van der Waals surface area contributed by atoms with Crippen LogP contribution in [0.15, 0.2) is 54.6 Å². The Morgan fingerprint density at radius 3 is 2.26 bits per heavy atom. The summed E-state index contributed by atoms with van der Waals surface area (Å²) in [6, 6.07) is 16.6. The fraction of sp³-hybridized carbons (Fsp3) is 0.294. The van der Waals surface area contributed by atoms with Gasteiger partial charge < -0.3 is 5.11 Å². The molecule has 2 rings (SSSR count). The zero-order valence-corrected chi connectivity index (χ0v) is 11.1. The molecule has 100 valence electrons. The molecule has 0 aliphatic carbocycles. The molecule has 0 heterocycles. The Bertz CT molecular complexity index is 510. The van der Waals surface area contributed by atoms with E-state index >= 15 is 0 Å². The first-order valence-corrected chi connectivity index (χ1v) is 6.68. The zero-order chi connectivity index (χ0) is 13.7. The molecule has 2 aromatic rings. The lowest BCUT2D eigenvalue weighted by Gasteiger charge is -2.22. The summed E-state index contributed by atoms with van der Waals surface area (Å²) in [7, 11) is 0. The second kappa shape index (κ2) is 6.48. The lowest BCUT2D eigenvalue weighted by Crippen LogP contribution is -2.21. The maximum Gasteiger partial charge on any atom is 0.126 e. The molecule has 1 N–H and O–H groups in total. The summed E-state index contributed by atoms with van der Waals surface area (Å²) in [6.07, 6.45) is 0.615. The number of benzene rings is 2. The highest BCUT2D eigenvalue weighted by Crippen LogP contribution is 2.26. The molecule has 0 fully saturated rings. The van der Waals surface area contributed by atoms with Crippen molar-refractivity contribution in [3.05, 3.63) is 71.5 Å². The van der Waals surface area contributed by atoms with E-state index in [2.05, 4.69) is 0 Å². The van der Waals surface area contributed by atoms with Gasteiger partial charge in [-0.05, 0) is 23.6 Å². The smallest absolute Gasteiger partial charge is 0.126 e. The van der Waals surface area contributed by atoms with E-state index in [1.165, 1.54) is 6.07 Å². The van der Waals surface area contributed by atoms with Crippen LogP contribution in [0.25, 0.3) is 0 Å². The number of hydrogen-bond donors (Lipinski definition) is 1. The van der Waals surface area contributed by atoms with Gasteiger partial charge in [0.2, 0.25) is 0 Å². The minimum Gasteiger partial charge on any atom is -0.392 e. The molecule has 1 nitrogen and oxygen atoms in total. The Morgan fingerprint density at radius 1 is 1.00 bits per heavy atom. The van der Waals surface area contributed by atoms with Crippen molar-refractivity contribution < 1.29 is 9.50 Å². The van der Waals surface area contributed by atoms with E-state index in [9.17, 15) is 9.50 Å². The highest BCUT2D eigenvalue weighted by molar-refractivity contribution is 5.23. The van der Waals surface area contributed by atoms with Crippen LogP contribution in [0.5, 0.6) is 0 Å². The quantitative estimate of drug-likeness (QED) is 0.861. The van der Waals surface area contributed by atoms with Crippen LogP contribution >= 0.6 is 0 Å². The third kappa shape index (κ3) is 3.42. The first-order valence-electron chi connectivity index (χ1n) is 6.68. The largest absolute Gasteiger partial charge is 0.392 e. The standard InChI is InChI=1S/C17H19FO/c1-2-15(13-8-4-3-5-9-13)17(19)12-14-10-6-7-11-16(14)18/h3-11,15,17,19H,2,12H2,1H3. The van der Waals surface area contributed by atoms with Crippen LogP contribution in [0.3, 0.4) is 0 Å². The molecule has 0 saturated heterocycles. The monoisotopic (exact) mass is 258 g/mol. The van der Waals surface area contributed by atoms with Gasteiger partial charge in [0.05, 0.1) is 6.10 Å². The number of aliphatic hydroxyl groups is 1. The van der Waals surface area contributed by atoms with E-state index in [-0.39, 0.29) is 11.7 Å². The van der Waals surface area contributed by atoms with Crippen molar-refractivity contribution in [3.8, 4) is 0 Å². The fourth-order valence-electron chi connectivity index (χ4n) is 2.46. The van der Waals surface area contributed by atoms with E-state index in [0.29, 0.717) is 12.0 Å². The average molecular weight is 258 g/mol. The molecule has 0 saturated carbocycles. The van der Waals surface area contributed by atoms with Gasteiger partial charge in [-0.15, -0.1) is 0 Å². The van der Waals surface area contributed by atoms with Crippen molar-refractivity contribution in [1.29, 1.82) is 0 Å². The first kappa shape index (κ1) is 13.8. The predicted octanol–water partition coefficient (Wildman–Crippen LogP) is 3.92. The van der Waals surface area contributed by atoms with Crippen LogP contribution in [0.4, 0.5) is 4.39 Å². The van der Waals surface area contributed by atoms with Crippen LogP contribution in [-0.4, -0.2) is 11.2 Å². The van der Waals surface area contributed by atoms with Crippen molar-refractivity contribution in [2.24, 2.45) is 0 Å². The maximum absolute atomic E-state index is 13.6. The number of aliphatic hydroxyl groups excluding tert-OH is 1. The Hall–Kier alpha value is -1.67. The molecule has 0 bridgehead atoms. The van der Waals surface area contributed by atoms with E-state index in [1.54, 1.807) is 18.2 Å². The van der Waals surface area contributed by atoms with Gasteiger partial charge in [-0.2, -0.15) is 0 Å². The predicted molar refractivity (Wildman–Crippen MR) is 75.6 cm³/mol. The molecular weight excluding hydrogens is 239 g/mol. The minimum absolute atomic E-state index is 0.0424. The van der Waals surface area contributed by atoms with Crippen molar-refractivity contribution >= 4 is 0 Å². The van der Waals surface area contributed by atoms with Crippen LogP contribution in [0.2, 0.25) is 0 Å². The first-order chi connectivity index (χ1) is 9.22. The van der Waals surface area contributed by atoms with Gasteiger partial charge in [0.1, 0.15) is 5.82 Å². The Morgan fingerprint density at radius 2 is 1.63 bits per heavy atom. The third-order valence-corrected chi connectivity index (χ3v) is 3.52. The summed E-state index contributed by atoms with van der Waals surface area (Å²) in [5, 5.41) is 10.4. The molecule has 0 amide bonds. The lowest BCUT2D eigenvalue weighted by molar-refractivity contribution is 0.139. The van der Waals surface area contributed by atoms with Crippen LogP contribution in [0.1, 0.15) is 30.4 Å². The van der Waals surface area contributed by atoms with Crippen LogP contribution < -0.4 is 0 Å². The normalized spacial score (nSPS) is 14.1. The molecule has 0 radical (unpaired) electrons. The van der Waals surface area contributed by atoms with Gasteiger partial charge >= 0.3 is 0 Å². The minimum atomic E-state index is -0.565. The molecule has 0 spiro atoms. The number of hydrogen-bond acceptors (Lipinski definition) is 1. The Kier molecular flexibility index (Phi) is 4.69. The van der Waals surface area contributed by atoms with Crippen LogP contribution in [-0.2, 0) is 6.42 Å². The molecule has 2 aromatic carbocycles. The Labute approximate surface area is 113 Å². The van der Waals surface area contributed by atoms with E-state index < -0.39 is 6.10 Å². The van der Waals surface area contributed by atoms with E-state index in [0.717, 1.165) is 12.0 Å². The summed E-state index contributed by atoms with van der Waals surface area (Å²) in [5.74, 6) is -0.203. The molecule has 2 unspecified atom stereocenters. The highest BCUT2D eigenvalue weighted by Gasteiger charge is 2.20. The van der Waals surface area contributed by atoms with Gasteiger partial charge in [0.25, 0.3) is 0 Å². The summed E-state index contributed by atoms with van der Waals surface area (Å²) in [4.78, 5) is 0. The van der Waals surface area contributed by atoms with Gasteiger partial charge in [-0.1, -0.05) is 55.5 Å². The lowest BCUT2D eigenvalue weighted by atomic mass is 9.87. The van der Waals surface area contributed by atoms with Gasteiger partial charge in [-0.25, -0.2) is 4.39 Å². The van der Waals surface area contributed by atoms with E-state index in [4.69, 9.17) is 0 Å². The number of halogens is 1. The summed E-state index contributed by atoms with van der Waals surface area (Å²) in [6.45, 7) is 2.04. The van der Waals surface area contributed by atoms with Crippen molar-refractivity contribution in [3.63, 3.8) is 0 Å². The molecule has 19 heavy (non-hydrogen) atoms. The average Bonchev–Trinajstić information content (AvgIpc) is 2.43. The SMILES string of the molecule is CCC(c1ccccc1)C(O)Cc1ccccc1F. The molecule has 2 heteroatoms. The molecule has 0 aromatic heterocycles. The van der Waals surface area contributed by atoms with Gasteiger partial charge in [-0.3, -0.25) is 0 Å². The summed E-state index contributed by atoms with van der Waals surface area (Å²) in [5.41, 5.74) is 1.68. The van der Waals surface area contributed by atoms with Crippen molar-refractivity contribution in [2.75, 3.05) is 0 Å². The third-order valence-electron chi connectivity index (χ3n) is 3.52. The molecule has 0 aliphatic heterocycles. The van der Waals surface area contributed by atoms with Crippen molar-refractivity contribution in [1.82, 2.24) is 0 Å². The zero-order valence-electron chi connectivity index (χ0n) is 11.1. The molecule has 0 aliphatic rings.